The summed E-state index contributed by atoms with van der Waals surface area (Å²) in [5, 5.41) is 2.41. The van der Waals surface area contributed by atoms with Gasteiger partial charge in [0.25, 0.3) is 0 Å². The minimum Gasteiger partial charge on any atom is -0.405 e. The topological polar surface area (TPSA) is 55.4 Å². The summed E-state index contributed by atoms with van der Waals surface area (Å²) in [5.41, 5.74) is -0.997. The molecule has 0 heterocycles. The molecule has 0 aliphatic rings. The maximum atomic E-state index is 12.9. The second-order valence-corrected chi connectivity index (χ2v) is 12.5. The summed E-state index contributed by atoms with van der Waals surface area (Å²) in [4.78, 5) is 24.4. The molecule has 0 aliphatic carbocycles. The molecule has 7 heteroatoms. The molecule has 24 heavy (non-hydrogen) atoms. The smallest absolute Gasteiger partial charge is 0.249 e. The van der Waals surface area contributed by atoms with Crippen LogP contribution in [0.3, 0.4) is 0 Å². The molecule has 0 fully saturated rings. The van der Waals surface area contributed by atoms with Crippen molar-refractivity contribution < 1.29 is 18.4 Å². The van der Waals surface area contributed by atoms with Crippen molar-refractivity contribution in [3.05, 3.63) is 35.6 Å². The Bertz CT molecular complexity index is 599. The molecular formula is C17H25ClFNO3Si. The summed E-state index contributed by atoms with van der Waals surface area (Å²) in [6.45, 7) is 11.9. The fourth-order valence-corrected chi connectivity index (χ4v) is 3.32. The van der Waals surface area contributed by atoms with Crippen molar-refractivity contribution in [2.24, 2.45) is 0 Å². The SMILES string of the molecule is CC(O[Si](C)(C)C(C)(C)C)C(=O)NC(Cl)C(=O)c1ccc(F)cc1. The van der Waals surface area contributed by atoms with Gasteiger partial charge in [-0.1, -0.05) is 32.4 Å². The van der Waals surface area contributed by atoms with Crippen LogP contribution < -0.4 is 5.32 Å². The summed E-state index contributed by atoms with van der Waals surface area (Å²) in [5.74, 6) is -1.39. The van der Waals surface area contributed by atoms with Gasteiger partial charge in [-0.15, -0.1) is 0 Å². The van der Waals surface area contributed by atoms with Gasteiger partial charge < -0.3 is 9.74 Å². The average Bonchev–Trinajstić information content (AvgIpc) is 2.45. The Labute approximate surface area is 148 Å². The van der Waals surface area contributed by atoms with Crippen molar-refractivity contribution in [2.75, 3.05) is 0 Å². The molecule has 2 atom stereocenters. The lowest BCUT2D eigenvalue weighted by Crippen LogP contribution is -2.49. The summed E-state index contributed by atoms with van der Waals surface area (Å²) in [7, 11) is -2.11. The lowest BCUT2D eigenvalue weighted by molar-refractivity contribution is -0.127. The Morgan fingerprint density at radius 3 is 2.17 bits per heavy atom. The van der Waals surface area contributed by atoms with Gasteiger partial charge in [-0.3, -0.25) is 9.59 Å². The molecule has 0 aliphatic heterocycles. The summed E-state index contributed by atoms with van der Waals surface area (Å²) < 4.78 is 18.9. The lowest BCUT2D eigenvalue weighted by atomic mass is 10.1. The van der Waals surface area contributed by atoms with E-state index in [0.717, 1.165) is 0 Å². The van der Waals surface area contributed by atoms with E-state index in [4.69, 9.17) is 16.0 Å². The largest absolute Gasteiger partial charge is 0.405 e. The minimum absolute atomic E-state index is 0.0359. The van der Waals surface area contributed by atoms with E-state index in [-0.39, 0.29) is 10.6 Å². The Hall–Kier alpha value is -1.24. The predicted octanol–water partition coefficient (Wildman–Crippen LogP) is 4.10. The monoisotopic (exact) mass is 373 g/mol. The van der Waals surface area contributed by atoms with E-state index >= 15 is 0 Å². The summed E-state index contributed by atoms with van der Waals surface area (Å²) in [6, 6.07) is 4.99. The molecule has 134 valence electrons. The lowest BCUT2D eigenvalue weighted by Gasteiger charge is -2.38. The molecule has 4 nitrogen and oxygen atoms in total. The van der Waals surface area contributed by atoms with Crippen molar-refractivity contribution in [3.63, 3.8) is 0 Å². The molecule has 0 saturated carbocycles. The highest BCUT2D eigenvalue weighted by Gasteiger charge is 2.39. The van der Waals surface area contributed by atoms with Gasteiger partial charge in [0.1, 0.15) is 11.9 Å². The third-order valence-corrected chi connectivity index (χ3v) is 9.14. The van der Waals surface area contributed by atoms with E-state index < -0.39 is 37.4 Å². The van der Waals surface area contributed by atoms with Gasteiger partial charge in [0.15, 0.2) is 19.6 Å². The summed E-state index contributed by atoms with van der Waals surface area (Å²) in [6.07, 6.45) is -0.715. The zero-order valence-electron chi connectivity index (χ0n) is 14.9. The van der Waals surface area contributed by atoms with Crippen LogP contribution in [-0.4, -0.2) is 31.6 Å². The maximum Gasteiger partial charge on any atom is 0.249 e. The Morgan fingerprint density at radius 2 is 1.71 bits per heavy atom. The third kappa shape index (κ3) is 5.39. The van der Waals surface area contributed by atoms with Crippen LogP contribution in [0.5, 0.6) is 0 Å². The first-order valence-electron chi connectivity index (χ1n) is 7.77. The number of carbonyl (C=O) groups excluding carboxylic acids is 2. The number of nitrogens with one attached hydrogen (secondary N) is 1. The van der Waals surface area contributed by atoms with Crippen molar-refractivity contribution in [2.45, 2.75) is 57.4 Å². The molecular weight excluding hydrogens is 349 g/mol. The Balaban J connectivity index is 2.69. The van der Waals surface area contributed by atoms with Gasteiger partial charge in [-0.2, -0.15) is 0 Å². The normalized spacial score (nSPS) is 14.8. The standard InChI is InChI=1S/C17H25ClFNO3Si/c1-11(23-24(5,6)17(2,3)4)16(22)20-15(18)14(21)12-7-9-13(19)10-8-12/h7-11,15H,1-6H3,(H,20,22). The van der Waals surface area contributed by atoms with E-state index in [9.17, 15) is 14.0 Å². The van der Waals surface area contributed by atoms with Gasteiger partial charge in [-0.05, 0) is 49.3 Å². The zero-order chi connectivity index (χ0) is 18.7. The van der Waals surface area contributed by atoms with E-state index in [1.54, 1.807) is 6.92 Å². The van der Waals surface area contributed by atoms with Gasteiger partial charge in [-0.25, -0.2) is 4.39 Å². The fourth-order valence-electron chi connectivity index (χ4n) is 1.74. The van der Waals surface area contributed by atoms with Crippen molar-refractivity contribution in [3.8, 4) is 0 Å². The predicted molar refractivity (Wildman–Crippen MR) is 96.3 cm³/mol. The van der Waals surface area contributed by atoms with Gasteiger partial charge in [0, 0.05) is 5.56 Å². The Kier molecular flexibility index (Phi) is 6.73. The quantitative estimate of drug-likeness (QED) is 0.353. The molecule has 0 radical (unpaired) electrons. The highest BCUT2D eigenvalue weighted by Crippen LogP contribution is 2.37. The zero-order valence-corrected chi connectivity index (χ0v) is 16.7. The number of rotatable bonds is 6. The fraction of sp³-hybridized carbons (Fsp3) is 0.529. The number of hydrogen-bond donors (Lipinski definition) is 1. The van der Waals surface area contributed by atoms with Crippen LogP contribution in [0.2, 0.25) is 18.1 Å². The van der Waals surface area contributed by atoms with Crippen LogP contribution >= 0.6 is 11.6 Å². The van der Waals surface area contributed by atoms with Gasteiger partial charge >= 0.3 is 0 Å². The first kappa shape index (κ1) is 20.8. The van der Waals surface area contributed by atoms with Crippen LogP contribution in [-0.2, 0) is 9.22 Å². The van der Waals surface area contributed by atoms with Crippen molar-refractivity contribution in [1.29, 1.82) is 0 Å². The van der Waals surface area contributed by atoms with E-state index in [0.29, 0.717) is 0 Å². The van der Waals surface area contributed by atoms with Crippen LogP contribution in [0.25, 0.3) is 0 Å². The van der Waals surface area contributed by atoms with E-state index in [1.165, 1.54) is 24.3 Å². The average molecular weight is 374 g/mol. The Morgan fingerprint density at radius 1 is 1.21 bits per heavy atom. The number of halogens is 2. The molecule has 2 unspecified atom stereocenters. The first-order chi connectivity index (χ1) is 10.8. The number of amides is 1. The first-order valence-corrected chi connectivity index (χ1v) is 11.1. The molecule has 1 rings (SSSR count). The molecule has 0 saturated heterocycles. The minimum atomic E-state index is -2.11. The van der Waals surface area contributed by atoms with E-state index in [1.807, 2.05) is 13.1 Å². The van der Waals surface area contributed by atoms with Gasteiger partial charge in [0.2, 0.25) is 5.91 Å². The third-order valence-electron chi connectivity index (χ3n) is 4.27. The van der Waals surface area contributed by atoms with E-state index in [2.05, 4.69) is 26.1 Å². The highest BCUT2D eigenvalue weighted by molar-refractivity contribution is 6.74. The number of alkyl halides is 1. The number of hydrogen-bond acceptors (Lipinski definition) is 3. The molecule has 1 amide bonds. The van der Waals surface area contributed by atoms with Crippen LogP contribution in [0.4, 0.5) is 4.39 Å². The molecule has 0 spiro atoms. The number of Topliss-reactive ketones (excluding diaryl/α,β-unsaturated/α-hetero) is 1. The van der Waals surface area contributed by atoms with Gasteiger partial charge in [0.05, 0.1) is 0 Å². The number of carbonyl (C=O) groups is 2. The van der Waals surface area contributed by atoms with Crippen LogP contribution in [0, 0.1) is 5.82 Å². The molecule has 1 aromatic rings. The summed E-state index contributed by atoms with van der Waals surface area (Å²) >= 11 is 5.99. The number of ketones is 1. The maximum absolute atomic E-state index is 12.9. The molecule has 1 aromatic carbocycles. The molecule has 0 bridgehead atoms. The van der Waals surface area contributed by atoms with Crippen LogP contribution in [0.15, 0.2) is 24.3 Å². The van der Waals surface area contributed by atoms with Crippen molar-refractivity contribution >= 4 is 31.6 Å². The molecule has 0 aromatic heterocycles. The van der Waals surface area contributed by atoms with Crippen LogP contribution in [0.1, 0.15) is 38.1 Å². The second kappa shape index (κ2) is 7.76. The highest BCUT2D eigenvalue weighted by atomic mass is 35.5. The van der Waals surface area contributed by atoms with Crippen molar-refractivity contribution in [1.82, 2.24) is 5.32 Å². The second-order valence-electron chi connectivity index (χ2n) is 7.26. The number of benzene rings is 1. The molecule has 1 N–H and O–H groups in total.